The third kappa shape index (κ3) is 8.19. The van der Waals surface area contributed by atoms with Gasteiger partial charge < -0.3 is 13.9 Å². The fourth-order valence-electron chi connectivity index (χ4n) is 2.79. The quantitative estimate of drug-likeness (QED) is 0.258. The average molecular weight is 440 g/mol. The number of carbonyl (C=O) groups is 1. The lowest BCUT2D eigenvalue weighted by molar-refractivity contribution is -0.151. The highest BCUT2D eigenvalue weighted by atomic mass is 28.4. The summed E-state index contributed by atoms with van der Waals surface area (Å²) in [6.07, 6.45) is 0.774. The van der Waals surface area contributed by atoms with Crippen molar-refractivity contribution in [1.82, 2.24) is 0 Å². The number of hydrogen-bond acceptors (Lipinski definition) is 4. The Labute approximate surface area is 189 Å². The Hall–Kier alpha value is -2.05. The molecule has 31 heavy (non-hydrogen) atoms. The van der Waals surface area contributed by atoms with E-state index in [9.17, 15) is 4.79 Å². The van der Waals surface area contributed by atoms with Crippen LogP contribution >= 0.6 is 0 Å². The predicted molar refractivity (Wildman–Crippen MR) is 132 cm³/mol. The van der Waals surface area contributed by atoms with E-state index in [0.717, 1.165) is 30.5 Å². The number of ether oxygens (including phenoxy) is 2. The van der Waals surface area contributed by atoms with Gasteiger partial charge in [-0.2, -0.15) is 0 Å². The van der Waals surface area contributed by atoms with Gasteiger partial charge >= 0.3 is 5.97 Å². The maximum absolute atomic E-state index is 12.8. The van der Waals surface area contributed by atoms with Gasteiger partial charge in [0.1, 0.15) is 25.7 Å². The highest BCUT2D eigenvalue weighted by Crippen LogP contribution is 2.37. The molecule has 0 radical (unpaired) electrons. The van der Waals surface area contributed by atoms with E-state index >= 15 is 0 Å². The second-order valence-electron chi connectivity index (χ2n) is 9.51. The molecule has 0 unspecified atom stereocenters. The van der Waals surface area contributed by atoms with Gasteiger partial charge in [0.25, 0.3) is 0 Å². The second-order valence-corrected chi connectivity index (χ2v) is 14.3. The summed E-state index contributed by atoms with van der Waals surface area (Å²) in [6, 6.07) is 18.0. The molecule has 0 heterocycles. The fraction of sp³-hybridized carbons (Fsp3) is 0.480. The van der Waals surface area contributed by atoms with Crippen molar-refractivity contribution in [3.05, 3.63) is 65.7 Å². The first kappa shape index (κ1) is 25.2. The second kappa shape index (κ2) is 11.5. The zero-order valence-corrected chi connectivity index (χ0v) is 20.9. The van der Waals surface area contributed by atoms with Crippen LogP contribution in [0.3, 0.4) is 0 Å². The summed E-state index contributed by atoms with van der Waals surface area (Å²) in [5.74, 6) is 0.544. The van der Waals surface area contributed by atoms with Crippen molar-refractivity contribution in [3.63, 3.8) is 0 Å². The largest absolute Gasteiger partial charge is 0.489 e. The summed E-state index contributed by atoms with van der Waals surface area (Å²) in [5.41, 5.74) is 2.16. The van der Waals surface area contributed by atoms with Crippen molar-refractivity contribution < 1.29 is 18.7 Å². The van der Waals surface area contributed by atoms with Gasteiger partial charge in [-0.15, -0.1) is 0 Å². The topological polar surface area (TPSA) is 44.8 Å². The molecule has 0 spiro atoms. The number of esters is 1. The highest BCUT2D eigenvalue weighted by molar-refractivity contribution is 6.74. The van der Waals surface area contributed by atoms with Crippen LogP contribution in [-0.2, 0) is 27.0 Å². The minimum atomic E-state index is -2.12. The number of rotatable bonds is 11. The van der Waals surface area contributed by atoms with Crippen LogP contribution in [0.5, 0.6) is 5.75 Å². The van der Waals surface area contributed by atoms with Gasteiger partial charge in [0.2, 0.25) is 0 Å². The van der Waals surface area contributed by atoms with Crippen LogP contribution in [0.25, 0.3) is 0 Å². The lowest BCUT2D eigenvalue weighted by Gasteiger charge is -2.38. The Morgan fingerprint density at radius 3 is 2.23 bits per heavy atom. The molecule has 0 bridgehead atoms. The molecule has 168 valence electrons. The van der Waals surface area contributed by atoms with Crippen molar-refractivity contribution in [3.8, 4) is 5.75 Å². The number of benzene rings is 2. The smallest absolute Gasteiger partial charge is 0.334 e. The Morgan fingerprint density at radius 1 is 1.00 bits per heavy atom. The normalized spacial score (nSPS) is 12.8. The van der Waals surface area contributed by atoms with E-state index < -0.39 is 14.4 Å². The lowest BCUT2D eigenvalue weighted by Crippen LogP contribution is -2.47. The Kier molecular flexibility index (Phi) is 9.38. The zero-order chi connectivity index (χ0) is 22.9. The molecule has 0 amide bonds. The van der Waals surface area contributed by atoms with Crippen LogP contribution in [0, 0.1) is 0 Å². The SMILES string of the molecule is CBCCOC(=O)[C@H](Cc1ccc(OCc2ccccc2)cc1)O[Si](C)(C)C(C)(C)C. The summed E-state index contributed by atoms with van der Waals surface area (Å²) >= 11 is 0. The molecule has 4 nitrogen and oxygen atoms in total. The summed E-state index contributed by atoms with van der Waals surface area (Å²) in [6.45, 7) is 13.9. The first-order valence-corrected chi connectivity index (χ1v) is 14.1. The first-order valence-electron chi connectivity index (χ1n) is 11.2. The summed E-state index contributed by atoms with van der Waals surface area (Å²) < 4.78 is 17.9. The van der Waals surface area contributed by atoms with Gasteiger partial charge in [-0.25, -0.2) is 4.79 Å². The molecule has 0 saturated carbocycles. The van der Waals surface area contributed by atoms with E-state index in [1.807, 2.05) is 54.6 Å². The first-order chi connectivity index (χ1) is 14.6. The summed E-state index contributed by atoms with van der Waals surface area (Å²) in [7, 11) is -1.13. The summed E-state index contributed by atoms with van der Waals surface area (Å²) in [4.78, 5) is 12.8. The molecular formula is C25H37BO4Si. The molecule has 0 fully saturated rings. The monoisotopic (exact) mass is 440 g/mol. The van der Waals surface area contributed by atoms with E-state index in [0.29, 0.717) is 19.6 Å². The molecule has 0 aliphatic rings. The molecule has 0 N–H and O–H groups in total. The van der Waals surface area contributed by atoms with Crippen LogP contribution in [0.4, 0.5) is 0 Å². The van der Waals surface area contributed by atoms with E-state index in [2.05, 4.69) is 40.7 Å². The fourth-order valence-corrected chi connectivity index (χ4v) is 4.04. The van der Waals surface area contributed by atoms with E-state index in [4.69, 9.17) is 13.9 Å². The minimum absolute atomic E-state index is 0.0179. The van der Waals surface area contributed by atoms with Crippen LogP contribution in [0.2, 0.25) is 31.3 Å². The van der Waals surface area contributed by atoms with Gasteiger partial charge in [0.15, 0.2) is 8.32 Å². The third-order valence-corrected chi connectivity index (χ3v) is 10.3. The van der Waals surface area contributed by atoms with E-state index in [1.54, 1.807) is 0 Å². The number of carbonyl (C=O) groups excluding carboxylic acids is 1. The molecule has 6 heteroatoms. The molecule has 0 aromatic heterocycles. The lowest BCUT2D eigenvalue weighted by atomic mass is 9.79. The predicted octanol–water partition coefficient (Wildman–Crippen LogP) is 5.64. The highest BCUT2D eigenvalue weighted by Gasteiger charge is 2.41. The van der Waals surface area contributed by atoms with Gasteiger partial charge in [-0.05, 0) is 47.7 Å². The van der Waals surface area contributed by atoms with Crippen LogP contribution in [0.1, 0.15) is 31.9 Å². The molecule has 1 atom stereocenters. The van der Waals surface area contributed by atoms with Gasteiger partial charge in [-0.3, -0.25) is 0 Å². The van der Waals surface area contributed by atoms with Gasteiger partial charge in [-0.1, -0.05) is 70.1 Å². The van der Waals surface area contributed by atoms with Crippen LogP contribution in [0.15, 0.2) is 54.6 Å². The van der Waals surface area contributed by atoms with Crippen molar-refractivity contribution >= 4 is 21.6 Å². The van der Waals surface area contributed by atoms with Gasteiger partial charge in [0.05, 0.1) is 6.61 Å². The maximum atomic E-state index is 12.8. The molecule has 0 saturated heterocycles. The maximum Gasteiger partial charge on any atom is 0.334 e. The standard InChI is InChI=1S/C25H37BO4Si/c1-25(2,3)31(5,6)30-23(24(27)28-17-16-26-4)18-20-12-14-22(15-13-20)29-19-21-10-8-7-9-11-21/h7-15,23,26H,16-19H2,1-6H3/t23-/m0/s1. The Morgan fingerprint density at radius 2 is 1.65 bits per heavy atom. The van der Waals surface area contributed by atoms with Gasteiger partial charge in [0, 0.05) is 6.42 Å². The van der Waals surface area contributed by atoms with Crippen LogP contribution in [-0.4, -0.2) is 34.3 Å². The van der Waals surface area contributed by atoms with Crippen molar-refractivity contribution in [2.75, 3.05) is 6.61 Å². The van der Waals surface area contributed by atoms with E-state index in [1.165, 1.54) is 0 Å². The molecule has 2 aromatic rings. The van der Waals surface area contributed by atoms with Crippen LogP contribution < -0.4 is 4.74 Å². The summed E-state index contributed by atoms with van der Waals surface area (Å²) in [5, 5.41) is 0.0179. The van der Waals surface area contributed by atoms with Crippen molar-refractivity contribution in [2.45, 2.75) is 71.2 Å². The molecule has 2 aromatic carbocycles. The number of hydrogen-bond donors (Lipinski definition) is 0. The Balaban J connectivity index is 2.05. The molecule has 0 aliphatic heterocycles. The Bertz CT molecular complexity index is 801. The third-order valence-electron chi connectivity index (χ3n) is 5.84. The van der Waals surface area contributed by atoms with Crippen molar-refractivity contribution in [2.24, 2.45) is 0 Å². The minimum Gasteiger partial charge on any atom is -0.489 e. The molecule has 0 aliphatic carbocycles. The van der Waals surface area contributed by atoms with E-state index in [-0.39, 0.29) is 11.0 Å². The average Bonchev–Trinajstić information content (AvgIpc) is 2.72. The van der Waals surface area contributed by atoms with Crippen molar-refractivity contribution in [1.29, 1.82) is 0 Å². The molecule has 2 rings (SSSR count). The zero-order valence-electron chi connectivity index (χ0n) is 19.9. The molecular weight excluding hydrogens is 403 g/mol.